The molecule has 0 saturated carbocycles. The first-order chi connectivity index (χ1) is 0. The predicted molar refractivity (Wildman–Crippen MR) is 68.8 cm³/mol. The van der Waals surface area contributed by atoms with E-state index >= 15 is 0 Å². The van der Waals surface area contributed by atoms with E-state index in [0.29, 0.717) is 0 Å². The summed E-state index contributed by atoms with van der Waals surface area (Å²) in [6.07, 6.45) is 0. The average molecular weight is 752 g/mol. The summed E-state index contributed by atoms with van der Waals surface area (Å²) >= 11 is 0. The Bertz CT molecular complexity index is 7.51. The Balaban J connectivity index is 0. The molecule has 0 nitrogen and oxygen atoms in total. The van der Waals surface area contributed by atoms with Crippen LogP contribution in [0.25, 0.3) is 0 Å². The van der Waals surface area contributed by atoms with Crippen LogP contribution < -0.4 is 0 Å². The fourth-order valence-corrected chi connectivity index (χ4v) is 0. The standard InChI is InChI=1S/Hg.4HI.K.H/h;4*1H;;. The summed E-state index contributed by atoms with van der Waals surface area (Å²) in [7, 11) is 0. The molecule has 0 aliphatic heterocycles. The molecule has 6 heteroatoms. The van der Waals surface area contributed by atoms with Crippen LogP contribution in [0.4, 0.5) is 0 Å². The molecule has 0 rings (SSSR count). The number of halogens is 4. The van der Waals surface area contributed by atoms with Gasteiger partial charge in [0.25, 0.3) is 0 Å². The average Bonchev–Trinajstić information content (AvgIpc) is 0. The van der Waals surface area contributed by atoms with Crippen molar-refractivity contribution in [3.8, 4) is 0 Å². The molecule has 0 heterocycles. The molecule has 0 saturated heterocycles. The van der Waals surface area contributed by atoms with E-state index in [0.717, 1.165) is 0 Å². The summed E-state index contributed by atoms with van der Waals surface area (Å²) in [4.78, 5) is 0. The van der Waals surface area contributed by atoms with Crippen molar-refractivity contribution in [2.24, 2.45) is 0 Å². The number of hydrogen-bond donors (Lipinski definition) is 0. The van der Waals surface area contributed by atoms with E-state index in [1.54, 1.807) is 0 Å². The van der Waals surface area contributed by atoms with Gasteiger partial charge in [0.15, 0.2) is 0 Å². The third kappa shape index (κ3) is 22.7. The van der Waals surface area contributed by atoms with Crippen molar-refractivity contribution in [1.82, 2.24) is 0 Å². The van der Waals surface area contributed by atoms with Gasteiger partial charge in [-0.15, -0.1) is 95.9 Å². The van der Waals surface area contributed by atoms with Crippen LogP contribution in [0, 0.1) is 0 Å². The molecule has 0 aromatic carbocycles. The predicted octanol–water partition coefficient (Wildman–Crippen LogP) is 1.82. The van der Waals surface area contributed by atoms with Gasteiger partial charge in [-0.25, -0.2) is 0 Å². The fourth-order valence-electron chi connectivity index (χ4n) is 0. The van der Waals surface area contributed by atoms with Crippen molar-refractivity contribution in [2.75, 3.05) is 0 Å². The maximum absolute atomic E-state index is 0. The SMILES string of the molecule is I.I.I.I.[Hg].[KH]. The molecule has 36 valence electrons. The van der Waals surface area contributed by atoms with Crippen LogP contribution in [0.3, 0.4) is 0 Å². The monoisotopic (exact) mass is 754 g/mol. The van der Waals surface area contributed by atoms with Crippen LogP contribution in [-0.2, 0) is 27.7 Å². The van der Waals surface area contributed by atoms with Gasteiger partial charge in [0.2, 0.25) is 0 Å². The van der Waals surface area contributed by atoms with Crippen LogP contribution in [0.2, 0.25) is 0 Å². The van der Waals surface area contributed by atoms with Crippen molar-refractivity contribution >= 4 is 147 Å². The van der Waals surface area contributed by atoms with E-state index in [1.165, 1.54) is 0 Å². The Morgan fingerprint density at radius 2 is 0.500 bits per heavy atom. The molecule has 0 radical (unpaired) electrons. The van der Waals surface area contributed by atoms with Gasteiger partial charge in [-0.05, 0) is 0 Å². The summed E-state index contributed by atoms with van der Waals surface area (Å²) in [5, 5.41) is 0. The van der Waals surface area contributed by atoms with Crippen LogP contribution >= 0.6 is 95.9 Å². The summed E-state index contributed by atoms with van der Waals surface area (Å²) in [6.45, 7) is 0. The summed E-state index contributed by atoms with van der Waals surface area (Å²) in [6, 6.07) is 0. The van der Waals surface area contributed by atoms with Gasteiger partial charge in [-0.2, -0.15) is 0 Å². The minimum absolute atomic E-state index is 0. The third-order valence-corrected chi connectivity index (χ3v) is 0. The normalized spacial score (nSPS) is 0. The Hall–Kier alpha value is 5.49. The van der Waals surface area contributed by atoms with E-state index in [9.17, 15) is 0 Å². The van der Waals surface area contributed by atoms with Gasteiger partial charge in [-0.3, -0.25) is 0 Å². The molecule has 0 amide bonds. The molecule has 0 spiro atoms. The summed E-state index contributed by atoms with van der Waals surface area (Å²) < 4.78 is 0. The quantitative estimate of drug-likeness (QED) is 0.262. The molecular formula is H5HgI4K. The molecule has 0 aromatic heterocycles. The Kier molecular flexibility index (Phi) is 219. The molecule has 0 unspecified atom stereocenters. The van der Waals surface area contributed by atoms with Crippen molar-refractivity contribution in [3.05, 3.63) is 0 Å². The van der Waals surface area contributed by atoms with E-state index in [4.69, 9.17) is 0 Å². The Labute approximate surface area is 169 Å². The molecule has 0 aliphatic carbocycles. The molecular weight excluding hydrogens is 747 g/mol. The first kappa shape index (κ1) is 41.9. The molecule has 0 fully saturated rings. The van der Waals surface area contributed by atoms with Gasteiger partial charge in [0, 0.05) is 27.7 Å². The molecule has 0 atom stereocenters. The van der Waals surface area contributed by atoms with Crippen molar-refractivity contribution < 1.29 is 27.7 Å². The third-order valence-electron chi connectivity index (χ3n) is 0. The topological polar surface area (TPSA) is 0 Å². The zero-order chi connectivity index (χ0) is 0. The molecule has 6 heavy (non-hydrogen) atoms. The van der Waals surface area contributed by atoms with Gasteiger partial charge < -0.3 is 0 Å². The second-order valence-electron chi connectivity index (χ2n) is 0. The molecule has 0 N–H and O–H groups in total. The molecule has 0 aliphatic rings. The van der Waals surface area contributed by atoms with Crippen LogP contribution in [0.15, 0.2) is 0 Å². The maximum atomic E-state index is 0. The second kappa shape index (κ2) is 31.3. The van der Waals surface area contributed by atoms with Crippen LogP contribution in [0.1, 0.15) is 0 Å². The van der Waals surface area contributed by atoms with Crippen molar-refractivity contribution in [1.29, 1.82) is 0 Å². The van der Waals surface area contributed by atoms with Crippen molar-refractivity contribution in [3.63, 3.8) is 0 Å². The van der Waals surface area contributed by atoms with Crippen molar-refractivity contribution in [2.45, 2.75) is 0 Å². The first-order valence-electron chi connectivity index (χ1n) is 0. The fraction of sp³-hybridized carbons (Fsp3) is 0. The second-order valence-corrected chi connectivity index (χ2v) is 0. The van der Waals surface area contributed by atoms with Crippen LogP contribution in [0.5, 0.6) is 0 Å². The zero-order valence-corrected chi connectivity index (χ0v) is 17.2. The Morgan fingerprint density at radius 1 is 0.500 bits per heavy atom. The first-order valence-corrected chi connectivity index (χ1v) is 0. The van der Waals surface area contributed by atoms with Gasteiger partial charge in [-0.1, -0.05) is 0 Å². The summed E-state index contributed by atoms with van der Waals surface area (Å²) in [5.74, 6) is 0. The van der Waals surface area contributed by atoms with E-state index in [-0.39, 0.29) is 175 Å². The van der Waals surface area contributed by atoms with E-state index < -0.39 is 0 Å². The van der Waals surface area contributed by atoms with Gasteiger partial charge in [0.1, 0.15) is 0 Å². The zero-order valence-electron chi connectivity index (χ0n) is 2.34. The minimum atomic E-state index is 0. The molecule has 0 aromatic rings. The van der Waals surface area contributed by atoms with E-state index in [2.05, 4.69) is 0 Å². The van der Waals surface area contributed by atoms with Crippen LogP contribution in [-0.4, -0.2) is 51.4 Å². The Morgan fingerprint density at radius 3 is 0.500 bits per heavy atom. The summed E-state index contributed by atoms with van der Waals surface area (Å²) in [5.41, 5.74) is 0. The molecule has 0 bridgehead atoms. The number of hydrogen-bond acceptors (Lipinski definition) is 0. The van der Waals surface area contributed by atoms with E-state index in [1.807, 2.05) is 0 Å². The van der Waals surface area contributed by atoms with Gasteiger partial charge >= 0.3 is 51.4 Å². The van der Waals surface area contributed by atoms with Gasteiger partial charge in [0.05, 0.1) is 0 Å². The number of rotatable bonds is 0.